The highest BCUT2D eigenvalue weighted by molar-refractivity contribution is 6.31. The summed E-state index contributed by atoms with van der Waals surface area (Å²) in [5.74, 6) is 1.34. The molecule has 1 heterocycles. The van der Waals surface area contributed by atoms with Crippen molar-refractivity contribution in [3.63, 3.8) is 0 Å². The fourth-order valence-corrected chi connectivity index (χ4v) is 3.61. The minimum Gasteiger partial charge on any atom is -0.324 e. The van der Waals surface area contributed by atoms with Gasteiger partial charge in [0.05, 0.1) is 0 Å². The van der Waals surface area contributed by atoms with Crippen molar-refractivity contribution in [1.82, 2.24) is 5.32 Å². The van der Waals surface area contributed by atoms with Crippen molar-refractivity contribution in [2.45, 2.75) is 45.2 Å². The number of carbonyl (C=O) groups is 1. The molecule has 1 fully saturated rings. The Labute approximate surface area is 125 Å². The lowest BCUT2D eigenvalue weighted by Crippen LogP contribution is -2.44. The van der Waals surface area contributed by atoms with Crippen LogP contribution < -0.4 is 10.6 Å². The van der Waals surface area contributed by atoms with E-state index in [9.17, 15) is 4.79 Å². The summed E-state index contributed by atoms with van der Waals surface area (Å²) in [7, 11) is 0. The van der Waals surface area contributed by atoms with Gasteiger partial charge in [-0.25, -0.2) is 0 Å². The minimum atomic E-state index is -0.263. The number of fused-ring (bicyclic) bond motifs is 1. The highest BCUT2D eigenvalue weighted by Gasteiger charge is 2.35. The first-order valence-electron chi connectivity index (χ1n) is 7.42. The average Bonchev–Trinajstić information content (AvgIpc) is 2.71. The molecule has 20 heavy (non-hydrogen) atoms. The van der Waals surface area contributed by atoms with E-state index in [4.69, 9.17) is 11.6 Å². The first-order chi connectivity index (χ1) is 9.56. The normalized spacial score (nSPS) is 32.9. The van der Waals surface area contributed by atoms with Crippen LogP contribution in [0.25, 0.3) is 0 Å². The molecule has 108 valence electrons. The lowest BCUT2D eigenvalue weighted by Gasteiger charge is -2.36. The molecule has 1 aromatic rings. The Morgan fingerprint density at radius 2 is 2.10 bits per heavy atom. The monoisotopic (exact) mass is 292 g/mol. The third-order valence-corrected chi connectivity index (χ3v) is 5.17. The van der Waals surface area contributed by atoms with E-state index in [1.165, 1.54) is 12.8 Å². The molecule has 4 heteroatoms. The second-order valence-electron chi connectivity index (χ2n) is 6.19. The van der Waals surface area contributed by atoms with Crippen molar-refractivity contribution >= 4 is 23.2 Å². The Kier molecular flexibility index (Phi) is 3.74. The summed E-state index contributed by atoms with van der Waals surface area (Å²) < 4.78 is 0. The molecule has 1 aromatic carbocycles. The molecule has 4 atom stereocenters. The Balaban J connectivity index is 1.81. The molecule has 1 aliphatic heterocycles. The minimum absolute atomic E-state index is 0.0349. The van der Waals surface area contributed by atoms with E-state index in [-0.39, 0.29) is 11.9 Å². The van der Waals surface area contributed by atoms with Gasteiger partial charge in [0.25, 0.3) is 0 Å². The van der Waals surface area contributed by atoms with Gasteiger partial charge in [-0.3, -0.25) is 10.1 Å². The third-order valence-electron chi connectivity index (χ3n) is 4.93. The van der Waals surface area contributed by atoms with E-state index in [0.29, 0.717) is 22.9 Å². The van der Waals surface area contributed by atoms with Crippen LogP contribution in [0.3, 0.4) is 0 Å². The summed E-state index contributed by atoms with van der Waals surface area (Å²) >= 11 is 6.06. The van der Waals surface area contributed by atoms with Crippen LogP contribution >= 0.6 is 11.6 Å². The number of rotatable bonds is 2. The van der Waals surface area contributed by atoms with Gasteiger partial charge in [0.1, 0.15) is 6.04 Å². The molecule has 0 saturated heterocycles. The molecule has 1 aliphatic carbocycles. The van der Waals surface area contributed by atoms with Gasteiger partial charge in [-0.05, 0) is 36.5 Å². The zero-order valence-corrected chi connectivity index (χ0v) is 12.7. The lowest BCUT2D eigenvalue weighted by molar-refractivity contribution is -0.118. The summed E-state index contributed by atoms with van der Waals surface area (Å²) in [6.07, 6.45) is 3.67. The van der Waals surface area contributed by atoms with Gasteiger partial charge in [-0.1, -0.05) is 38.3 Å². The summed E-state index contributed by atoms with van der Waals surface area (Å²) in [6.45, 7) is 4.59. The number of anilines is 1. The van der Waals surface area contributed by atoms with E-state index in [2.05, 4.69) is 24.5 Å². The molecular formula is C16H21ClN2O. The fourth-order valence-electron chi connectivity index (χ4n) is 3.43. The molecule has 1 amide bonds. The molecule has 2 aliphatic rings. The standard InChI is InChI=1S/C16H21ClN2O/c1-9-4-3-5-13(10(9)2)18-15-12-8-11(17)6-7-14(12)19-16(15)20/h6-10,13,15,18H,3-5H2,1-2H3,(H,19,20). The Morgan fingerprint density at radius 3 is 2.90 bits per heavy atom. The van der Waals surface area contributed by atoms with Crippen molar-refractivity contribution in [3.8, 4) is 0 Å². The first-order valence-corrected chi connectivity index (χ1v) is 7.80. The van der Waals surface area contributed by atoms with Crippen LogP contribution in [-0.2, 0) is 4.79 Å². The van der Waals surface area contributed by atoms with Gasteiger partial charge in [0.2, 0.25) is 5.91 Å². The Hall–Kier alpha value is -1.06. The summed E-state index contributed by atoms with van der Waals surface area (Å²) in [6, 6.07) is 5.72. The van der Waals surface area contributed by atoms with E-state index >= 15 is 0 Å². The highest BCUT2D eigenvalue weighted by atomic mass is 35.5. The number of nitrogens with one attached hydrogen (secondary N) is 2. The van der Waals surface area contributed by atoms with E-state index in [1.54, 1.807) is 0 Å². The van der Waals surface area contributed by atoms with Crippen LogP contribution in [0.4, 0.5) is 5.69 Å². The second-order valence-corrected chi connectivity index (χ2v) is 6.63. The zero-order chi connectivity index (χ0) is 14.3. The number of benzene rings is 1. The molecule has 2 N–H and O–H groups in total. The third kappa shape index (κ3) is 2.45. The largest absolute Gasteiger partial charge is 0.324 e. The molecule has 0 aromatic heterocycles. The molecule has 4 unspecified atom stereocenters. The van der Waals surface area contributed by atoms with Gasteiger partial charge in [0, 0.05) is 22.3 Å². The van der Waals surface area contributed by atoms with Crippen molar-refractivity contribution in [2.24, 2.45) is 11.8 Å². The van der Waals surface area contributed by atoms with E-state index in [0.717, 1.165) is 17.7 Å². The zero-order valence-electron chi connectivity index (χ0n) is 11.9. The topological polar surface area (TPSA) is 41.1 Å². The Bertz CT molecular complexity index is 531. The molecule has 3 nitrogen and oxygen atoms in total. The summed E-state index contributed by atoms with van der Waals surface area (Å²) in [5, 5.41) is 7.17. The maximum atomic E-state index is 12.2. The van der Waals surface area contributed by atoms with Gasteiger partial charge < -0.3 is 5.32 Å². The van der Waals surface area contributed by atoms with Crippen molar-refractivity contribution in [3.05, 3.63) is 28.8 Å². The lowest BCUT2D eigenvalue weighted by atomic mass is 9.77. The quantitative estimate of drug-likeness (QED) is 0.872. The smallest absolute Gasteiger partial charge is 0.246 e. The maximum absolute atomic E-state index is 12.2. The molecular weight excluding hydrogens is 272 g/mol. The van der Waals surface area contributed by atoms with Crippen molar-refractivity contribution < 1.29 is 4.79 Å². The van der Waals surface area contributed by atoms with Gasteiger partial charge in [0.15, 0.2) is 0 Å². The average molecular weight is 293 g/mol. The van der Waals surface area contributed by atoms with Gasteiger partial charge >= 0.3 is 0 Å². The SMILES string of the molecule is CC1CCCC(NC2C(=O)Nc3ccc(Cl)cc32)C1C. The predicted octanol–water partition coefficient (Wildman–Crippen LogP) is 3.75. The molecule has 0 radical (unpaired) electrons. The molecule has 3 rings (SSSR count). The van der Waals surface area contributed by atoms with Crippen LogP contribution in [0.2, 0.25) is 5.02 Å². The summed E-state index contributed by atoms with van der Waals surface area (Å²) in [4.78, 5) is 12.2. The molecule has 0 bridgehead atoms. The number of amides is 1. The van der Waals surface area contributed by atoms with Crippen LogP contribution in [0.15, 0.2) is 18.2 Å². The molecule has 1 saturated carbocycles. The number of carbonyl (C=O) groups excluding carboxylic acids is 1. The fraction of sp³-hybridized carbons (Fsp3) is 0.562. The highest BCUT2D eigenvalue weighted by Crippen LogP contribution is 2.36. The summed E-state index contributed by atoms with van der Waals surface area (Å²) in [5.41, 5.74) is 1.86. The second kappa shape index (κ2) is 5.38. The predicted molar refractivity (Wildman–Crippen MR) is 81.9 cm³/mol. The van der Waals surface area contributed by atoms with Gasteiger partial charge in [-0.2, -0.15) is 0 Å². The number of hydrogen-bond acceptors (Lipinski definition) is 2. The van der Waals surface area contributed by atoms with E-state index in [1.807, 2.05) is 18.2 Å². The number of hydrogen-bond donors (Lipinski definition) is 2. The van der Waals surface area contributed by atoms with Gasteiger partial charge in [-0.15, -0.1) is 0 Å². The number of halogens is 1. The van der Waals surface area contributed by atoms with Crippen LogP contribution in [-0.4, -0.2) is 11.9 Å². The van der Waals surface area contributed by atoms with Crippen molar-refractivity contribution in [2.75, 3.05) is 5.32 Å². The van der Waals surface area contributed by atoms with Crippen LogP contribution in [0.1, 0.15) is 44.7 Å². The Morgan fingerprint density at radius 1 is 1.30 bits per heavy atom. The van der Waals surface area contributed by atoms with Crippen molar-refractivity contribution in [1.29, 1.82) is 0 Å². The van der Waals surface area contributed by atoms with Crippen LogP contribution in [0, 0.1) is 11.8 Å². The van der Waals surface area contributed by atoms with Crippen LogP contribution in [0.5, 0.6) is 0 Å². The van der Waals surface area contributed by atoms with E-state index < -0.39 is 0 Å². The molecule has 0 spiro atoms. The first kappa shape index (κ1) is 13.9. The maximum Gasteiger partial charge on any atom is 0.246 e.